The highest BCUT2D eigenvalue weighted by Gasteiger charge is 2.27. The number of amides is 3. The van der Waals surface area contributed by atoms with Crippen LogP contribution in [0.4, 0.5) is 0 Å². The number of aliphatic carboxylic acids is 1. The molecule has 0 saturated heterocycles. The highest BCUT2D eigenvalue weighted by Crippen LogP contribution is 2.18. The van der Waals surface area contributed by atoms with Crippen LogP contribution in [0.3, 0.4) is 0 Å². The van der Waals surface area contributed by atoms with Gasteiger partial charge in [-0.25, -0.2) is 4.79 Å². The normalized spacial score (nSPS) is 13.4. The Balaban J connectivity index is 1.90. The standard InChI is InChI=1S/C25H38N8O5/c1-14(2)10-20(23(36)33-19(24(37)38)8-5-9-29-25(27)28)32-21(34)13-31-22(35)17(26)11-15-12-30-18-7-4-3-6-16(15)18/h3-4,6-7,12,14,17,19-20,30H,5,8-11,13,26H2,1-2H3,(H,31,35)(H,32,34)(H,33,36)(H,37,38)(H4,27,28,29). The molecule has 13 heteroatoms. The molecule has 0 aliphatic rings. The van der Waals surface area contributed by atoms with E-state index in [9.17, 15) is 24.3 Å². The Morgan fingerprint density at radius 2 is 1.76 bits per heavy atom. The summed E-state index contributed by atoms with van der Waals surface area (Å²) in [6.07, 6.45) is 2.78. The number of fused-ring (bicyclic) bond motifs is 1. The summed E-state index contributed by atoms with van der Waals surface area (Å²) in [5, 5.41) is 18.0. The van der Waals surface area contributed by atoms with Gasteiger partial charge in [-0.05, 0) is 43.2 Å². The number of para-hydroxylation sites is 1. The van der Waals surface area contributed by atoms with Crippen molar-refractivity contribution in [3.8, 4) is 0 Å². The number of aliphatic imine (C=N–C) groups is 1. The molecule has 3 atom stereocenters. The minimum Gasteiger partial charge on any atom is -0.480 e. The van der Waals surface area contributed by atoms with Gasteiger partial charge in [0.2, 0.25) is 17.7 Å². The van der Waals surface area contributed by atoms with Gasteiger partial charge < -0.3 is 43.2 Å². The average Bonchev–Trinajstić information content (AvgIpc) is 3.25. The molecule has 11 N–H and O–H groups in total. The van der Waals surface area contributed by atoms with Crippen molar-refractivity contribution in [1.29, 1.82) is 0 Å². The Morgan fingerprint density at radius 1 is 1.05 bits per heavy atom. The third-order valence-corrected chi connectivity index (χ3v) is 5.79. The van der Waals surface area contributed by atoms with Gasteiger partial charge in [0, 0.05) is 23.6 Å². The smallest absolute Gasteiger partial charge is 0.326 e. The Kier molecular flexibility index (Phi) is 11.5. The van der Waals surface area contributed by atoms with Crippen molar-refractivity contribution in [2.45, 2.75) is 57.7 Å². The van der Waals surface area contributed by atoms with Crippen molar-refractivity contribution in [2.24, 2.45) is 28.1 Å². The van der Waals surface area contributed by atoms with Crippen molar-refractivity contribution in [2.75, 3.05) is 13.1 Å². The second-order valence-corrected chi connectivity index (χ2v) is 9.49. The summed E-state index contributed by atoms with van der Waals surface area (Å²) in [7, 11) is 0. The van der Waals surface area contributed by atoms with E-state index in [2.05, 4.69) is 25.9 Å². The van der Waals surface area contributed by atoms with E-state index in [0.717, 1.165) is 16.5 Å². The van der Waals surface area contributed by atoms with E-state index in [0.29, 0.717) is 6.42 Å². The number of carbonyl (C=O) groups is 4. The predicted octanol–water partition coefficient (Wildman–Crippen LogP) is -0.692. The first kappa shape index (κ1) is 30.1. The van der Waals surface area contributed by atoms with Crippen molar-refractivity contribution in [1.82, 2.24) is 20.9 Å². The van der Waals surface area contributed by atoms with Crippen LogP contribution in [0, 0.1) is 5.92 Å². The molecular formula is C25H38N8O5. The van der Waals surface area contributed by atoms with Gasteiger partial charge in [-0.2, -0.15) is 0 Å². The van der Waals surface area contributed by atoms with Crippen LogP contribution >= 0.6 is 0 Å². The Labute approximate surface area is 221 Å². The topological polar surface area (TPSA) is 231 Å². The minimum atomic E-state index is -1.21. The molecule has 0 spiro atoms. The molecule has 0 radical (unpaired) electrons. The second-order valence-electron chi connectivity index (χ2n) is 9.49. The Bertz CT molecular complexity index is 1140. The lowest BCUT2D eigenvalue weighted by Gasteiger charge is -2.23. The zero-order valence-corrected chi connectivity index (χ0v) is 21.7. The van der Waals surface area contributed by atoms with Gasteiger partial charge in [0.05, 0.1) is 12.6 Å². The highest BCUT2D eigenvalue weighted by atomic mass is 16.4. The van der Waals surface area contributed by atoms with Gasteiger partial charge in [0.1, 0.15) is 12.1 Å². The summed E-state index contributed by atoms with van der Waals surface area (Å²) < 4.78 is 0. The SMILES string of the molecule is CC(C)CC(NC(=O)CNC(=O)C(N)Cc1c[nH]c2ccccc12)C(=O)NC(CCCN=C(N)N)C(=O)O. The average molecular weight is 531 g/mol. The number of nitrogens with zero attached hydrogens (tertiary/aromatic N) is 1. The van der Waals surface area contributed by atoms with Crippen molar-refractivity contribution in [3.05, 3.63) is 36.0 Å². The Hall–Kier alpha value is -4.13. The van der Waals surface area contributed by atoms with Gasteiger partial charge >= 0.3 is 5.97 Å². The lowest BCUT2D eigenvalue weighted by molar-refractivity contribution is -0.142. The number of aromatic amines is 1. The third-order valence-electron chi connectivity index (χ3n) is 5.79. The van der Waals surface area contributed by atoms with Gasteiger partial charge in [-0.1, -0.05) is 32.0 Å². The number of carboxylic acids is 1. The van der Waals surface area contributed by atoms with Crippen LogP contribution in [0.25, 0.3) is 10.9 Å². The van der Waals surface area contributed by atoms with Crippen LogP contribution in [0.2, 0.25) is 0 Å². The number of nitrogens with two attached hydrogens (primary N) is 3. The third kappa shape index (κ3) is 9.73. The molecule has 38 heavy (non-hydrogen) atoms. The lowest BCUT2D eigenvalue weighted by atomic mass is 10.0. The lowest BCUT2D eigenvalue weighted by Crippen LogP contribution is -2.54. The summed E-state index contributed by atoms with van der Waals surface area (Å²) in [6, 6.07) is 4.60. The molecule has 3 unspecified atom stereocenters. The predicted molar refractivity (Wildman–Crippen MR) is 144 cm³/mol. The van der Waals surface area contributed by atoms with Gasteiger partial charge in [0.25, 0.3) is 0 Å². The number of hydrogen-bond acceptors (Lipinski definition) is 6. The van der Waals surface area contributed by atoms with E-state index in [1.807, 2.05) is 38.1 Å². The van der Waals surface area contributed by atoms with E-state index < -0.39 is 41.8 Å². The first-order valence-corrected chi connectivity index (χ1v) is 12.4. The first-order chi connectivity index (χ1) is 18.0. The van der Waals surface area contributed by atoms with Gasteiger partial charge in [-0.3, -0.25) is 19.4 Å². The first-order valence-electron chi connectivity index (χ1n) is 12.4. The zero-order chi connectivity index (χ0) is 28.2. The maximum Gasteiger partial charge on any atom is 0.326 e. The molecular weight excluding hydrogens is 492 g/mol. The summed E-state index contributed by atoms with van der Waals surface area (Å²) in [4.78, 5) is 56.4. The van der Waals surface area contributed by atoms with Crippen LogP contribution in [0.1, 0.15) is 38.7 Å². The molecule has 3 amide bonds. The number of rotatable bonds is 15. The Morgan fingerprint density at radius 3 is 2.42 bits per heavy atom. The molecule has 13 nitrogen and oxygen atoms in total. The molecule has 0 saturated carbocycles. The van der Waals surface area contributed by atoms with Gasteiger partial charge in [-0.15, -0.1) is 0 Å². The quantitative estimate of drug-likeness (QED) is 0.0832. The highest BCUT2D eigenvalue weighted by molar-refractivity contribution is 5.93. The molecule has 2 aromatic rings. The molecule has 0 aliphatic heterocycles. The van der Waals surface area contributed by atoms with Crippen molar-refractivity contribution < 1.29 is 24.3 Å². The summed E-state index contributed by atoms with van der Waals surface area (Å²) >= 11 is 0. The number of carboxylic acid groups (broad SMARTS) is 1. The summed E-state index contributed by atoms with van der Waals surface area (Å²) in [5.74, 6) is -3.04. The molecule has 2 rings (SSSR count). The molecule has 1 aromatic carbocycles. The fourth-order valence-electron chi connectivity index (χ4n) is 3.91. The number of benzene rings is 1. The minimum absolute atomic E-state index is 0.0235. The molecule has 0 aliphatic carbocycles. The fourth-order valence-corrected chi connectivity index (χ4v) is 3.91. The number of H-pyrrole nitrogens is 1. The molecule has 0 fully saturated rings. The van der Waals surface area contributed by atoms with E-state index in [1.54, 1.807) is 6.20 Å². The molecule has 208 valence electrons. The molecule has 1 heterocycles. The number of guanidine groups is 1. The fraction of sp³-hybridized carbons (Fsp3) is 0.480. The zero-order valence-electron chi connectivity index (χ0n) is 21.7. The van der Waals surface area contributed by atoms with E-state index in [1.165, 1.54) is 0 Å². The van der Waals surface area contributed by atoms with E-state index >= 15 is 0 Å². The van der Waals surface area contributed by atoms with Gasteiger partial charge in [0.15, 0.2) is 5.96 Å². The molecule has 1 aromatic heterocycles. The summed E-state index contributed by atoms with van der Waals surface area (Å²) in [5.41, 5.74) is 18.4. The maximum atomic E-state index is 12.8. The van der Waals surface area contributed by atoms with Crippen LogP contribution in [0.15, 0.2) is 35.5 Å². The van der Waals surface area contributed by atoms with E-state index in [4.69, 9.17) is 17.2 Å². The van der Waals surface area contributed by atoms with Crippen LogP contribution in [-0.4, -0.2) is 71.0 Å². The number of nitrogens with one attached hydrogen (secondary N) is 4. The maximum absolute atomic E-state index is 12.8. The number of carbonyl (C=O) groups excluding carboxylic acids is 3. The van der Waals surface area contributed by atoms with Crippen LogP contribution in [0.5, 0.6) is 0 Å². The van der Waals surface area contributed by atoms with Crippen molar-refractivity contribution >= 4 is 40.6 Å². The number of hydrogen-bond donors (Lipinski definition) is 8. The van der Waals surface area contributed by atoms with Crippen molar-refractivity contribution in [3.63, 3.8) is 0 Å². The molecule has 0 bridgehead atoms. The largest absolute Gasteiger partial charge is 0.480 e. The number of aromatic nitrogens is 1. The van der Waals surface area contributed by atoms with Crippen LogP contribution in [-0.2, 0) is 25.6 Å². The summed E-state index contributed by atoms with van der Waals surface area (Å²) in [6.45, 7) is 3.56. The van der Waals surface area contributed by atoms with E-state index in [-0.39, 0.29) is 44.2 Å². The monoisotopic (exact) mass is 530 g/mol. The second kappa shape index (κ2) is 14.6. The van der Waals surface area contributed by atoms with Crippen LogP contribution < -0.4 is 33.2 Å².